The highest BCUT2D eigenvalue weighted by Crippen LogP contribution is 2.15. The normalized spacial score (nSPS) is 10.5. The highest BCUT2D eigenvalue weighted by Gasteiger charge is 2.12. The van der Waals surface area contributed by atoms with Gasteiger partial charge in [-0.1, -0.05) is 0 Å². The minimum absolute atomic E-state index is 0.125. The van der Waals surface area contributed by atoms with Gasteiger partial charge in [-0.15, -0.1) is 0 Å². The lowest BCUT2D eigenvalue weighted by Crippen LogP contribution is -2.23. The fraction of sp³-hybridized carbons (Fsp3) is 0.158. The number of nitrogens with one attached hydrogen (secondary N) is 1. The van der Waals surface area contributed by atoms with Crippen molar-refractivity contribution in [1.29, 1.82) is 0 Å². The predicted octanol–water partition coefficient (Wildman–Crippen LogP) is 3.08. The molecule has 6 nitrogen and oxygen atoms in total. The van der Waals surface area contributed by atoms with Crippen molar-refractivity contribution in [3.05, 3.63) is 78.0 Å². The maximum atomic E-state index is 13.3. The molecule has 0 spiro atoms. The number of halogens is 2. The average molecular weight is 369 g/mol. The van der Waals surface area contributed by atoms with Crippen molar-refractivity contribution in [2.75, 3.05) is 23.8 Å². The molecule has 1 amide bonds. The third-order valence-electron chi connectivity index (χ3n) is 3.94. The van der Waals surface area contributed by atoms with Crippen LogP contribution in [-0.2, 0) is 6.42 Å². The largest absolute Gasteiger partial charge is 0.359 e. The number of nitrogens with zero attached hydrogens (tertiary/aromatic N) is 4. The topological polar surface area (TPSA) is 71.0 Å². The molecule has 1 aromatic carbocycles. The van der Waals surface area contributed by atoms with E-state index in [0.717, 1.165) is 24.1 Å². The first kappa shape index (κ1) is 18.4. The molecule has 0 bridgehead atoms. The molecule has 3 rings (SSSR count). The monoisotopic (exact) mass is 369 g/mol. The van der Waals surface area contributed by atoms with Gasteiger partial charge in [-0.05, 0) is 36.2 Å². The zero-order valence-corrected chi connectivity index (χ0v) is 14.6. The van der Waals surface area contributed by atoms with Gasteiger partial charge >= 0.3 is 0 Å². The molecule has 0 saturated carbocycles. The van der Waals surface area contributed by atoms with Crippen molar-refractivity contribution in [2.45, 2.75) is 6.42 Å². The predicted molar refractivity (Wildman–Crippen MR) is 97.6 cm³/mol. The Balaban J connectivity index is 1.66. The summed E-state index contributed by atoms with van der Waals surface area (Å²) in [5, 5.41) is 2.49. The Bertz CT molecular complexity index is 936. The summed E-state index contributed by atoms with van der Waals surface area (Å²) in [6.07, 6.45) is 5.55. The molecule has 0 atom stereocenters. The number of benzene rings is 1. The van der Waals surface area contributed by atoms with Gasteiger partial charge in [0.15, 0.2) is 11.6 Å². The number of aromatic nitrogens is 3. The molecule has 0 aliphatic heterocycles. The summed E-state index contributed by atoms with van der Waals surface area (Å²) >= 11 is 0. The SMILES string of the molecule is CN(CCc1ccncc1)c1cc(C(=O)Nc2ccc(F)c(F)c2)ncn1. The molecular weight excluding hydrogens is 352 g/mol. The number of amides is 1. The van der Waals surface area contributed by atoms with E-state index < -0.39 is 17.5 Å². The molecule has 2 aromatic heterocycles. The Kier molecular flexibility index (Phi) is 5.65. The van der Waals surface area contributed by atoms with Crippen LogP contribution in [0.1, 0.15) is 16.1 Å². The van der Waals surface area contributed by atoms with Crippen LogP contribution in [0.15, 0.2) is 55.1 Å². The third-order valence-corrected chi connectivity index (χ3v) is 3.94. The summed E-state index contributed by atoms with van der Waals surface area (Å²) in [6.45, 7) is 0.686. The van der Waals surface area contributed by atoms with Crippen LogP contribution in [0.25, 0.3) is 0 Å². The van der Waals surface area contributed by atoms with E-state index in [9.17, 15) is 13.6 Å². The maximum Gasteiger partial charge on any atom is 0.274 e. The van der Waals surface area contributed by atoms with Gasteiger partial charge in [-0.3, -0.25) is 9.78 Å². The van der Waals surface area contributed by atoms with Crippen LogP contribution in [-0.4, -0.2) is 34.5 Å². The molecule has 3 aromatic rings. The first-order valence-corrected chi connectivity index (χ1v) is 8.21. The molecule has 8 heteroatoms. The average Bonchev–Trinajstić information content (AvgIpc) is 2.70. The maximum absolute atomic E-state index is 13.3. The van der Waals surface area contributed by atoms with Gasteiger partial charge in [0, 0.05) is 43.8 Å². The zero-order valence-electron chi connectivity index (χ0n) is 14.6. The number of carbonyl (C=O) groups is 1. The molecule has 0 saturated heterocycles. The second-order valence-electron chi connectivity index (χ2n) is 5.87. The van der Waals surface area contributed by atoms with E-state index in [-0.39, 0.29) is 11.4 Å². The fourth-order valence-corrected chi connectivity index (χ4v) is 2.41. The zero-order chi connectivity index (χ0) is 19.2. The summed E-state index contributed by atoms with van der Waals surface area (Å²) in [4.78, 5) is 26.3. The Labute approximate surface area is 154 Å². The van der Waals surface area contributed by atoms with Crippen LogP contribution < -0.4 is 10.2 Å². The lowest BCUT2D eigenvalue weighted by molar-refractivity contribution is 0.102. The number of hydrogen-bond donors (Lipinski definition) is 1. The van der Waals surface area contributed by atoms with Gasteiger partial charge < -0.3 is 10.2 Å². The van der Waals surface area contributed by atoms with Crippen molar-refractivity contribution in [3.63, 3.8) is 0 Å². The van der Waals surface area contributed by atoms with E-state index in [4.69, 9.17) is 0 Å². The molecule has 0 aliphatic carbocycles. The van der Waals surface area contributed by atoms with Crippen LogP contribution in [0.2, 0.25) is 0 Å². The number of pyridine rings is 1. The van der Waals surface area contributed by atoms with Crippen molar-refractivity contribution in [1.82, 2.24) is 15.0 Å². The quantitative estimate of drug-likeness (QED) is 0.723. The molecular formula is C19H17F2N5O. The van der Waals surface area contributed by atoms with E-state index in [1.54, 1.807) is 18.5 Å². The highest BCUT2D eigenvalue weighted by atomic mass is 19.2. The Morgan fingerprint density at radius 3 is 2.59 bits per heavy atom. The number of rotatable bonds is 6. The van der Waals surface area contributed by atoms with Gasteiger partial charge in [0.25, 0.3) is 5.91 Å². The summed E-state index contributed by atoms with van der Waals surface area (Å²) in [5.41, 5.74) is 1.41. The van der Waals surface area contributed by atoms with Crippen molar-refractivity contribution >= 4 is 17.4 Å². The number of carbonyl (C=O) groups excluding carboxylic acids is 1. The van der Waals surface area contributed by atoms with E-state index in [0.29, 0.717) is 12.4 Å². The molecule has 138 valence electrons. The Morgan fingerprint density at radius 1 is 1.07 bits per heavy atom. The van der Waals surface area contributed by atoms with E-state index >= 15 is 0 Å². The minimum Gasteiger partial charge on any atom is -0.359 e. The smallest absolute Gasteiger partial charge is 0.274 e. The number of hydrogen-bond acceptors (Lipinski definition) is 5. The summed E-state index contributed by atoms with van der Waals surface area (Å²) in [7, 11) is 1.86. The molecule has 2 heterocycles. The molecule has 0 unspecified atom stereocenters. The third kappa shape index (κ3) is 4.81. The standard InChI is InChI=1S/C19H17F2N5O/c1-26(9-6-13-4-7-22-8-5-13)18-11-17(23-12-24-18)19(27)25-14-2-3-15(20)16(21)10-14/h2-5,7-8,10-12H,6,9H2,1H3,(H,25,27). The Morgan fingerprint density at radius 2 is 1.85 bits per heavy atom. The summed E-state index contributed by atoms with van der Waals surface area (Å²) in [5.74, 6) is -1.97. The van der Waals surface area contributed by atoms with Crippen molar-refractivity contribution in [3.8, 4) is 0 Å². The van der Waals surface area contributed by atoms with Gasteiger partial charge in [-0.2, -0.15) is 0 Å². The van der Waals surface area contributed by atoms with Gasteiger partial charge in [-0.25, -0.2) is 18.7 Å². The van der Waals surface area contributed by atoms with Crippen LogP contribution in [0, 0.1) is 11.6 Å². The van der Waals surface area contributed by atoms with Gasteiger partial charge in [0.1, 0.15) is 17.8 Å². The lowest BCUT2D eigenvalue weighted by atomic mass is 10.2. The van der Waals surface area contributed by atoms with E-state index in [1.165, 1.54) is 12.4 Å². The van der Waals surface area contributed by atoms with Crippen molar-refractivity contribution < 1.29 is 13.6 Å². The van der Waals surface area contributed by atoms with Crippen LogP contribution in [0.3, 0.4) is 0 Å². The van der Waals surface area contributed by atoms with Gasteiger partial charge in [0.05, 0.1) is 0 Å². The van der Waals surface area contributed by atoms with E-state index in [2.05, 4.69) is 20.3 Å². The number of anilines is 2. The molecule has 1 N–H and O–H groups in total. The molecule has 0 radical (unpaired) electrons. The minimum atomic E-state index is -1.04. The van der Waals surface area contributed by atoms with Crippen molar-refractivity contribution in [2.24, 2.45) is 0 Å². The first-order chi connectivity index (χ1) is 13.0. The molecule has 27 heavy (non-hydrogen) atoms. The number of likely N-dealkylation sites (N-methyl/N-ethyl adjacent to an activating group) is 1. The summed E-state index contributed by atoms with van der Waals surface area (Å²) in [6, 6.07) is 8.56. The Hall–Kier alpha value is -3.42. The van der Waals surface area contributed by atoms with Crippen LogP contribution in [0.5, 0.6) is 0 Å². The summed E-state index contributed by atoms with van der Waals surface area (Å²) < 4.78 is 26.2. The lowest BCUT2D eigenvalue weighted by Gasteiger charge is -2.18. The molecule has 0 fully saturated rings. The highest BCUT2D eigenvalue weighted by molar-refractivity contribution is 6.03. The van der Waals surface area contributed by atoms with Crippen LogP contribution in [0.4, 0.5) is 20.3 Å². The van der Waals surface area contributed by atoms with E-state index in [1.807, 2.05) is 24.1 Å². The second-order valence-corrected chi connectivity index (χ2v) is 5.87. The second kappa shape index (κ2) is 8.31. The first-order valence-electron chi connectivity index (χ1n) is 8.21. The molecule has 0 aliphatic rings. The van der Waals surface area contributed by atoms with Crippen LogP contribution >= 0.6 is 0 Å². The fourth-order valence-electron chi connectivity index (χ4n) is 2.41. The van der Waals surface area contributed by atoms with Gasteiger partial charge in [0.2, 0.25) is 0 Å².